The molecular weight excluding hydrogens is 878 g/mol. The van der Waals surface area contributed by atoms with Crippen molar-refractivity contribution < 1.29 is 99.6 Å². The summed E-state index contributed by atoms with van der Waals surface area (Å²) in [7, 11) is -21.2. The Morgan fingerprint density at radius 2 is 1.65 bits per heavy atom. The van der Waals surface area contributed by atoms with E-state index in [1.807, 2.05) is 0 Å². The normalized spacial score (nSPS) is 21.7. The van der Waals surface area contributed by atoms with Crippen LogP contribution in [0, 0.1) is 5.41 Å². The van der Waals surface area contributed by atoms with Crippen LogP contribution >= 0.6 is 42.8 Å². The van der Waals surface area contributed by atoms with Gasteiger partial charge in [0.1, 0.15) is 42.4 Å². The summed E-state index contributed by atoms with van der Waals surface area (Å²) >= 11 is 0.426. The van der Waals surface area contributed by atoms with E-state index < -0.39 is 109 Å². The molecule has 7 unspecified atom stereocenters. The van der Waals surface area contributed by atoms with E-state index in [1.54, 1.807) is 0 Å². The number of phosphoric acid groups is 3. The minimum Gasteiger partial charge on any atom is -0.386 e. The van der Waals surface area contributed by atoms with Gasteiger partial charge < -0.3 is 60.7 Å². The van der Waals surface area contributed by atoms with Crippen molar-refractivity contribution in [2.24, 2.45) is 5.41 Å². The monoisotopic (exact) mass is 917 g/mol. The number of nitrogens with two attached hydrogens (primary N) is 1. The fraction of sp³-hybridized carbons (Fsp3) is 0.625. The first-order valence-electron chi connectivity index (χ1n) is 15.7. The number of phosphoric ester groups is 3. The quantitative estimate of drug-likeness (QED) is 0.0328. The summed E-state index contributed by atoms with van der Waals surface area (Å²) in [6.07, 6.45) is -8.57. The third-order valence-corrected chi connectivity index (χ3v) is 12.0. The Morgan fingerprint density at radius 3 is 2.28 bits per heavy atom. The highest BCUT2D eigenvalue weighted by atomic mass is 32.2. The third kappa shape index (κ3) is 15.2. The molecule has 1 saturated heterocycles. The van der Waals surface area contributed by atoms with Gasteiger partial charge in [-0.05, 0) is 0 Å². The standard InChI is InChI=1S/C24H39N7O21P4S/c1-24(2,18(35)21(36)27-4-3-14(33)26-5-6-57-23(37)12(32)8-53(38,39)40)9-49-56(46,47)52-55(44,45)48-7-13-17(51-54(41,42)43)16(34)22(50-13)31-11-30-15-19(25)28-10-29-20(15)31/h10-11,13,16-18,22,34-35H,3-9H2,1-2H3,(H,26,33)(H,27,36)(H,44,45)(H,46,47)(H2,25,28,29)(H2,38,39,40)(H2,41,42,43). The van der Waals surface area contributed by atoms with Crippen molar-refractivity contribution in [1.29, 1.82) is 0 Å². The van der Waals surface area contributed by atoms with Crippen LogP contribution in [0.4, 0.5) is 5.82 Å². The van der Waals surface area contributed by atoms with Crippen LogP contribution in [0.15, 0.2) is 12.7 Å². The summed E-state index contributed by atoms with van der Waals surface area (Å²) in [6.45, 7) is -0.205. The van der Waals surface area contributed by atoms with Crippen LogP contribution in [-0.2, 0) is 60.1 Å². The fourth-order valence-electron chi connectivity index (χ4n) is 4.61. The van der Waals surface area contributed by atoms with Crippen molar-refractivity contribution >= 4 is 82.5 Å². The van der Waals surface area contributed by atoms with Crippen LogP contribution in [0.1, 0.15) is 26.5 Å². The second-order valence-electron chi connectivity index (χ2n) is 12.5. The van der Waals surface area contributed by atoms with Crippen LogP contribution < -0.4 is 16.4 Å². The van der Waals surface area contributed by atoms with Crippen LogP contribution in [0.25, 0.3) is 11.2 Å². The van der Waals surface area contributed by atoms with Gasteiger partial charge in [0.2, 0.25) is 17.6 Å². The average Bonchev–Trinajstić information content (AvgIpc) is 3.63. The van der Waals surface area contributed by atoms with Crippen molar-refractivity contribution in [1.82, 2.24) is 30.2 Å². The molecule has 322 valence electrons. The molecule has 1 aliphatic rings. The van der Waals surface area contributed by atoms with Gasteiger partial charge >= 0.3 is 31.1 Å². The van der Waals surface area contributed by atoms with Gasteiger partial charge in [-0.25, -0.2) is 28.6 Å². The maximum atomic E-state index is 12.6. The lowest BCUT2D eigenvalue weighted by molar-refractivity contribution is -0.137. The van der Waals surface area contributed by atoms with E-state index >= 15 is 0 Å². The first kappa shape index (κ1) is 48.7. The van der Waals surface area contributed by atoms with E-state index in [0.717, 1.165) is 17.2 Å². The molecule has 0 spiro atoms. The highest BCUT2D eigenvalue weighted by Crippen LogP contribution is 2.61. The lowest BCUT2D eigenvalue weighted by atomic mass is 9.87. The maximum absolute atomic E-state index is 12.6. The molecule has 12 N–H and O–H groups in total. The van der Waals surface area contributed by atoms with Crippen molar-refractivity contribution in [3.63, 3.8) is 0 Å². The molecule has 2 amide bonds. The maximum Gasteiger partial charge on any atom is 0.481 e. The molecular formula is C24H39N7O21P4S. The Morgan fingerprint density at radius 1 is 1.00 bits per heavy atom. The Balaban J connectivity index is 1.48. The van der Waals surface area contributed by atoms with Crippen LogP contribution in [0.2, 0.25) is 0 Å². The number of aromatic nitrogens is 4. The first-order valence-corrected chi connectivity index (χ1v) is 23.1. The molecule has 0 radical (unpaired) electrons. The molecule has 2 aromatic heterocycles. The molecule has 0 saturated carbocycles. The smallest absolute Gasteiger partial charge is 0.386 e. The van der Waals surface area contributed by atoms with Gasteiger partial charge in [-0.15, -0.1) is 0 Å². The number of nitrogens with zero attached hydrogens (tertiary/aromatic N) is 4. The van der Waals surface area contributed by atoms with E-state index in [0.29, 0.717) is 11.8 Å². The summed E-state index contributed by atoms with van der Waals surface area (Å²) in [4.78, 5) is 116. The number of hydrogen-bond donors (Lipinski definition) is 11. The molecule has 0 aliphatic carbocycles. The second-order valence-corrected chi connectivity index (χ2v) is 19.4. The van der Waals surface area contributed by atoms with E-state index in [4.69, 9.17) is 29.3 Å². The van der Waals surface area contributed by atoms with E-state index in [1.165, 1.54) is 13.8 Å². The molecule has 1 fully saturated rings. The number of carbonyl (C=O) groups is 4. The summed E-state index contributed by atoms with van der Waals surface area (Å²) in [5.74, 6) is -3.17. The van der Waals surface area contributed by atoms with Gasteiger partial charge in [0.15, 0.2) is 17.7 Å². The van der Waals surface area contributed by atoms with Gasteiger partial charge in [-0.2, -0.15) is 4.31 Å². The molecule has 28 nitrogen and oxygen atoms in total. The van der Waals surface area contributed by atoms with Crippen LogP contribution in [0.3, 0.4) is 0 Å². The number of aliphatic hydroxyl groups excluding tert-OH is 2. The number of anilines is 1. The predicted molar refractivity (Wildman–Crippen MR) is 189 cm³/mol. The number of ketones is 1. The predicted octanol–water partition coefficient (Wildman–Crippen LogP) is -2.59. The highest BCUT2D eigenvalue weighted by Gasteiger charge is 2.50. The van der Waals surface area contributed by atoms with Gasteiger partial charge in [-0.1, -0.05) is 25.6 Å². The van der Waals surface area contributed by atoms with E-state index in [2.05, 4.69) is 34.4 Å². The van der Waals surface area contributed by atoms with Crippen LogP contribution in [0.5, 0.6) is 0 Å². The number of rotatable bonds is 22. The number of thioether (sulfide) groups is 1. The molecule has 3 rings (SSSR count). The van der Waals surface area contributed by atoms with Crippen molar-refractivity contribution in [2.45, 2.75) is 50.9 Å². The number of nitrogens with one attached hydrogen (secondary N) is 2. The number of ether oxygens (including phenoxy) is 1. The molecule has 0 aromatic carbocycles. The summed E-state index contributed by atoms with van der Waals surface area (Å²) in [6, 6.07) is 0. The molecule has 3 heterocycles. The largest absolute Gasteiger partial charge is 0.481 e. The molecule has 2 aromatic rings. The number of amides is 2. The summed E-state index contributed by atoms with van der Waals surface area (Å²) in [5, 5.41) is 24.8. The number of Topliss-reactive ketones (excluding diaryl/α,β-unsaturated/α-hetero) is 1. The van der Waals surface area contributed by atoms with Gasteiger partial charge in [0, 0.05) is 30.7 Å². The molecule has 57 heavy (non-hydrogen) atoms. The summed E-state index contributed by atoms with van der Waals surface area (Å²) in [5.41, 5.74) is 4.12. The molecule has 0 bridgehead atoms. The molecule has 1 aliphatic heterocycles. The Bertz CT molecular complexity index is 1990. The second kappa shape index (κ2) is 19.6. The third-order valence-electron chi connectivity index (χ3n) is 7.31. The zero-order valence-corrected chi connectivity index (χ0v) is 33.8. The minimum absolute atomic E-state index is 0.00720. The van der Waals surface area contributed by atoms with Crippen molar-refractivity contribution in [3.05, 3.63) is 12.7 Å². The lowest BCUT2D eigenvalue weighted by Gasteiger charge is -2.30. The number of carbonyl (C=O) groups excluding carboxylic acids is 4. The Hall–Kier alpha value is -2.62. The average molecular weight is 918 g/mol. The first-order chi connectivity index (χ1) is 26.1. The topological polar surface area (TPSA) is 438 Å². The van der Waals surface area contributed by atoms with Crippen molar-refractivity contribution in [2.75, 3.05) is 44.0 Å². The van der Waals surface area contributed by atoms with Gasteiger partial charge in [-0.3, -0.25) is 41.9 Å². The van der Waals surface area contributed by atoms with E-state index in [-0.39, 0.29) is 42.2 Å². The SMILES string of the molecule is CC(C)(COP(=O)(O)OP(=O)(O)OCC1OC(n2cnc3c(N)ncnc32)C(O)C1OP(=O)(O)O)C(O)C(=O)NCCC(=O)NCCSC(=O)C(=O)CP(=O)(O)O. The minimum atomic E-state index is -5.61. The Labute approximate surface area is 324 Å². The number of aliphatic hydroxyl groups is 2. The zero-order chi connectivity index (χ0) is 43.1. The highest BCUT2D eigenvalue weighted by molar-refractivity contribution is 8.15. The molecule has 7 atom stereocenters. The number of fused-ring (bicyclic) bond motifs is 1. The number of nitrogen functional groups attached to an aromatic ring is 1. The summed E-state index contributed by atoms with van der Waals surface area (Å²) < 4.78 is 72.6. The van der Waals surface area contributed by atoms with Crippen LogP contribution in [-0.4, -0.2) is 144 Å². The van der Waals surface area contributed by atoms with E-state index in [9.17, 15) is 67.2 Å². The molecule has 33 heteroatoms. The van der Waals surface area contributed by atoms with Gasteiger partial charge in [0.25, 0.3) is 5.12 Å². The number of imidazole rings is 1. The fourth-order valence-corrected chi connectivity index (χ4v) is 8.68. The lowest BCUT2D eigenvalue weighted by Crippen LogP contribution is -2.46. The zero-order valence-electron chi connectivity index (χ0n) is 29.4. The number of hydrogen-bond acceptors (Lipinski definition) is 20. The van der Waals surface area contributed by atoms with Gasteiger partial charge in [0.05, 0.1) is 19.5 Å². The van der Waals surface area contributed by atoms with Crippen molar-refractivity contribution in [3.8, 4) is 0 Å². The Kier molecular flexibility index (Phi) is 16.8.